The molecular weight excluding hydrogens is 280 g/mol. The van der Waals surface area contributed by atoms with Crippen LogP contribution in [0.15, 0.2) is 18.2 Å². The highest BCUT2D eigenvalue weighted by Gasteiger charge is 2.32. The van der Waals surface area contributed by atoms with E-state index in [9.17, 15) is 18.4 Å². The lowest BCUT2D eigenvalue weighted by molar-refractivity contribution is -0.120. The van der Waals surface area contributed by atoms with E-state index < -0.39 is 29.5 Å². The van der Waals surface area contributed by atoms with Crippen LogP contribution in [0.1, 0.15) is 23.2 Å². The fourth-order valence-electron chi connectivity index (χ4n) is 1.81. The first-order valence-corrected chi connectivity index (χ1v) is 6.43. The Labute approximate surface area is 119 Å². The molecule has 7 heteroatoms. The minimum absolute atomic E-state index is 0.0827. The molecule has 2 rings (SSSR count). The van der Waals surface area contributed by atoms with Crippen molar-refractivity contribution >= 4 is 11.8 Å². The molecule has 1 atom stereocenters. The number of nitriles is 1. The molecule has 110 valence electrons. The highest BCUT2D eigenvalue weighted by atomic mass is 19.2. The zero-order valence-corrected chi connectivity index (χ0v) is 11.0. The maximum absolute atomic E-state index is 13.0. The SMILES string of the molecule is N#C[C@H](NC(=O)CNC(=O)c1ccc(F)c(F)c1)C1CC1. The Bertz CT molecular complexity index is 609. The fraction of sp³-hybridized carbons (Fsp3) is 0.357. The van der Waals surface area contributed by atoms with Crippen molar-refractivity contribution in [1.29, 1.82) is 5.26 Å². The van der Waals surface area contributed by atoms with Gasteiger partial charge in [-0.05, 0) is 37.0 Å². The van der Waals surface area contributed by atoms with Gasteiger partial charge >= 0.3 is 0 Å². The first kappa shape index (κ1) is 14.9. The second-order valence-electron chi connectivity index (χ2n) is 4.82. The summed E-state index contributed by atoms with van der Waals surface area (Å²) in [6.07, 6.45) is 1.81. The summed E-state index contributed by atoms with van der Waals surface area (Å²) >= 11 is 0. The molecule has 1 aliphatic carbocycles. The van der Waals surface area contributed by atoms with Gasteiger partial charge in [0, 0.05) is 5.56 Å². The molecular formula is C14H13F2N3O2. The number of benzene rings is 1. The zero-order valence-electron chi connectivity index (χ0n) is 11.0. The number of amides is 2. The van der Waals surface area contributed by atoms with Crippen molar-refractivity contribution in [3.8, 4) is 6.07 Å². The van der Waals surface area contributed by atoms with E-state index in [0.717, 1.165) is 31.0 Å². The van der Waals surface area contributed by atoms with Crippen molar-refractivity contribution in [2.45, 2.75) is 18.9 Å². The Morgan fingerprint density at radius 2 is 2.05 bits per heavy atom. The molecule has 0 aromatic heterocycles. The summed E-state index contributed by atoms with van der Waals surface area (Å²) in [5, 5.41) is 13.7. The molecule has 2 N–H and O–H groups in total. The van der Waals surface area contributed by atoms with Gasteiger partial charge in [-0.25, -0.2) is 8.78 Å². The minimum atomic E-state index is -1.13. The van der Waals surface area contributed by atoms with E-state index in [0.29, 0.717) is 0 Å². The van der Waals surface area contributed by atoms with E-state index in [1.54, 1.807) is 0 Å². The summed E-state index contributed by atoms with van der Waals surface area (Å²) in [6.45, 7) is -0.331. The molecule has 1 aliphatic rings. The van der Waals surface area contributed by atoms with Crippen LogP contribution in [-0.2, 0) is 4.79 Å². The normalized spacial score (nSPS) is 14.9. The predicted octanol–water partition coefficient (Wildman–Crippen LogP) is 1.11. The van der Waals surface area contributed by atoms with Crippen molar-refractivity contribution in [2.75, 3.05) is 6.54 Å². The molecule has 1 saturated carbocycles. The second-order valence-corrected chi connectivity index (χ2v) is 4.82. The molecule has 0 spiro atoms. The van der Waals surface area contributed by atoms with Crippen LogP contribution < -0.4 is 10.6 Å². The minimum Gasteiger partial charge on any atom is -0.343 e. The van der Waals surface area contributed by atoms with Crippen molar-refractivity contribution in [3.63, 3.8) is 0 Å². The Balaban J connectivity index is 1.84. The van der Waals surface area contributed by atoms with Crippen molar-refractivity contribution in [2.24, 2.45) is 5.92 Å². The van der Waals surface area contributed by atoms with E-state index in [1.807, 2.05) is 6.07 Å². The lowest BCUT2D eigenvalue weighted by Gasteiger charge is -2.11. The van der Waals surface area contributed by atoms with Crippen molar-refractivity contribution in [3.05, 3.63) is 35.4 Å². The van der Waals surface area contributed by atoms with Gasteiger partial charge in [-0.1, -0.05) is 0 Å². The highest BCUT2D eigenvalue weighted by Crippen LogP contribution is 2.32. The van der Waals surface area contributed by atoms with Crippen LogP contribution in [0.5, 0.6) is 0 Å². The summed E-state index contributed by atoms with van der Waals surface area (Å²) in [6, 6.07) is 4.16. The van der Waals surface area contributed by atoms with E-state index in [2.05, 4.69) is 10.6 Å². The third-order valence-electron chi connectivity index (χ3n) is 3.14. The molecule has 1 aromatic carbocycles. The number of nitrogens with zero attached hydrogens (tertiary/aromatic N) is 1. The second kappa shape index (κ2) is 6.31. The molecule has 1 fully saturated rings. The van der Waals surface area contributed by atoms with Crippen molar-refractivity contribution in [1.82, 2.24) is 10.6 Å². The Morgan fingerprint density at radius 3 is 2.62 bits per heavy atom. The van der Waals surface area contributed by atoms with Crippen molar-refractivity contribution < 1.29 is 18.4 Å². The summed E-state index contributed by atoms with van der Waals surface area (Å²) in [5.41, 5.74) is -0.0827. The number of hydrogen-bond donors (Lipinski definition) is 2. The summed E-state index contributed by atoms with van der Waals surface area (Å²) in [5.74, 6) is -3.19. The van der Waals surface area contributed by atoms with E-state index in [1.165, 1.54) is 0 Å². The molecule has 0 radical (unpaired) electrons. The number of rotatable bonds is 5. The van der Waals surface area contributed by atoms with Gasteiger partial charge in [0.1, 0.15) is 6.04 Å². The van der Waals surface area contributed by atoms with Gasteiger partial charge in [-0.3, -0.25) is 9.59 Å². The van der Waals surface area contributed by atoms with Gasteiger partial charge in [0.15, 0.2) is 11.6 Å². The predicted molar refractivity (Wildman–Crippen MR) is 69.0 cm³/mol. The molecule has 0 heterocycles. The third-order valence-corrected chi connectivity index (χ3v) is 3.14. The molecule has 21 heavy (non-hydrogen) atoms. The maximum atomic E-state index is 13.0. The molecule has 1 aromatic rings. The average molecular weight is 293 g/mol. The lowest BCUT2D eigenvalue weighted by atomic mass is 10.2. The number of halogens is 2. The first-order valence-electron chi connectivity index (χ1n) is 6.43. The first-order chi connectivity index (χ1) is 10.0. The standard InChI is InChI=1S/C14H13F2N3O2/c15-10-4-3-9(5-11(10)16)14(21)18-7-13(20)19-12(6-17)8-1-2-8/h3-5,8,12H,1-2,7H2,(H,18,21)(H,19,20)/t12-/m0/s1. The Kier molecular flexibility index (Phi) is 4.48. The van der Waals surface area contributed by atoms with Crippen LogP contribution in [0.25, 0.3) is 0 Å². The van der Waals surface area contributed by atoms with Crippen LogP contribution in [0, 0.1) is 28.9 Å². The maximum Gasteiger partial charge on any atom is 0.251 e. The largest absolute Gasteiger partial charge is 0.343 e. The van der Waals surface area contributed by atoms with Gasteiger partial charge < -0.3 is 10.6 Å². The van der Waals surface area contributed by atoms with E-state index in [-0.39, 0.29) is 18.0 Å². The average Bonchev–Trinajstić information content (AvgIpc) is 3.29. The van der Waals surface area contributed by atoms with Gasteiger partial charge in [0.05, 0.1) is 12.6 Å². The van der Waals surface area contributed by atoms with Crippen LogP contribution in [-0.4, -0.2) is 24.4 Å². The molecule has 0 saturated heterocycles. The third kappa shape index (κ3) is 3.99. The zero-order chi connectivity index (χ0) is 15.4. The van der Waals surface area contributed by atoms with Crippen LogP contribution in [0.2, 0.25) is 0 Å². The number of carbonyl (C=O) groups excluding carboxylic acids is 2. The molecule has 0 aliphatic heterocycles. The van der Waals surface area contributed by atoms with Crippen LogP contribution >= 0.6 is 0 Å². The summed E-state index contributed by atoms with van der Waals surface area (Å²) in [4.78, 5) is 23.3. The Morgan fingerprint density at radius 1 is 1.33 bits per heavy atom. The van der Waals surface area contributed by atoms with Crippen LogP contribution in [0.3, 0.4) is 0 Å². The van der Waals surface area contributed by atoms with E-state index in [4.69, 9.17) is 5.26 Å². The lowest BCUT2D eigenvalue weighted by Crippen LogP contribution is -2.42. The molecule has 0 unspecified atom stereocenters. The van der Waals surface area contributed by atoms with Gasteiger partial charge in [0.2, 0.25) is 5.91 Å². The quantitative estimate of drug-likeness (QED) is 0.853. The highest BCUT2D eigenvalue weighted by molar-refractivity contribution is 5.96. The van der Waals surface area contributed by atoms with Gasteiger partial charge in [-0.15, -0.1) is 0 Å². The monoisotopic (exact) mass is 293 g/mol. The van der Waals surface area contributed by atoms with E-state index >= 15 is 0 Å². The van der Waals surface area contributed by atoms with Crippen LogP contribution in [0.4, 0.5) is 8.78 Å². The smallest absolute Gasteiger partial charge is 0.251 e. The summed E-state index contributed by atoms with van der Waals surface area (Å²) in [7, 11) is 0. The fourth-order valence-corrected chi connectivity index (χ4v) is 1.81. The Hall–Kier alpha value is -2.49. The number of carbonyl (C=O) groups is 2. The topological polar surface area (TPSA) is 82.0 Å². The van der Waals surface area contributed by atoms with Gasteiger partial charge in [-0.2, -0.15) is 5.26 Å². The summed E-state index contributed by atoms with van der Waals surface area (Å²) < 4.78 is 25.7. The number of hydrogen-bond acceptors (Lipinski definition) is 3. The van der Waals surface area contributed by atoms with Gasteiger partial charge in [0.25, 0.3) is 5.91 Å². The molecule has 0 bridgehead atoms. The molecule has 2 amide bonds. The number of nitrogens with one attached hydrogen (secondary N) is 2. The molecule has 5 nitrogen and oxygen atoms in total.